The summed E-state index contributed by atoms with van der Waals surface area (Å²) in [4.78, 5) is 10.8. The molecule has 0 heterocycles. The van der Waals surface area contributed by atoms with Crippen LogP contribution in [-0.2, 0) is 9.84 Å². The molecular weight excluding hydrogens is 144 g/mol. The first-order valence-corrected chi connectivity index (χ1v) is 3.10. The van der Waals surface area contributed by atoms with Crippen molar-refractivity contribution < 1.29 is 14.6 Å². The van der Waals surface area contributed by atoms with Gasteiger partial charge in [-0.2, -0.15) is 0 Å². The summed E-state index contributed by atoms with van der Waals surface area (Å²) in [6, 6.07) is 5.96. The van der Waals surface area contributed by atoms with Gasteiger partial charge < -0.3 is 4.74 Å². The van der Waals surface area contributed by atoms with Crippen LogP contribution in [0, 0.1) is 0 Å². The molecule has 0 fully saturated rings. The summed E-state index contributed by atoms with van der Waals surface area (Å²) in [7, 11) is 1.24. The molecule has 0 bridgehead atoms. The Balaban J connectivity index is 3.03. The third kappa shape index (κ3) is 1.49. The minimum atomic E-state index is -0.587. The summed E-state index contributed by atoms with van der Waals surface area (Å²) >= 11 is 0. The molecule has 1 aromatic carbocycles. The lowest BCUT2D eigenvalue weighted by molar-refractivity contribution is 0.0595. The average Bonchev–Trinajstić information content (AvgIpc) is 2.04. The van der Waals surface area contributed by atoms with Crippen molar-refractivity contribution in [3.05, 3.63) is 29.8 Å². The monoisotopic (exact) mass is 151 g/mol. The largest absolute Gasteiger partial charge is 0.465 e. The Kier molecular flexibility index (Phi) is 2.11. The van der Waals surface area contributed by atoms with Crippen molar-refractivity contribution in [1.29, 1.82) is 0 Å². The molecule has 1 rings (SSSR count). The molecule has 0 saturated heterocycles. The number of hydrogen-bond acceptors (Lipinski definition) is 2. The first-order chi connectivity index (χ1) is 5.25. The van der Waals surface area contributed by atoms with E-state index in [1.54, 1.807) is 12.1 Å². The molecule has 0 spiro atoms. The highest BCUT2D eigenvalue weighted by molar-refractivity contribution is 5.92. The van der Waals surface area contributed by atoms with Crippen LogP contribution in [-0.4, -0.2) is 13.1 Å². The van der Waals surface area contributed by atoms with Crippen molar-refractivity contribution in [3.63, 3.8) is 0 Å². The summed E-state index contributed by atoms with van der Waals surface area (Å²) in [6.45, 7) is 0. The van der Waals surface area contributed by atoms with E-state index in [0.29, 0.717) is 0 Å². The molecule has 0 amide bonds. The molecule has 3 heteroatoms. The Labute approximate surface area is 64.2 Å². The van der Waals surface area contributed by atoms with Crippen LogP contribution in [0.1, 0.15) is 10.4 Å². The molecule has 1 radical (unpaired) electrons. The fourth-order valence-corrected chi connectivity index (χ4v) is 0.745. The van der Waals surface area contributed by atoms with E-state index < -0.39 is 5.97 Å². The van der Waals surface area contributed by atoms with Gasteiger partial charge in [0.2, 0.25) is 0 Å². The van der Waals surface area contributed by atoms with Crippen LogP contribution < -0.4 is 0 Å². The van der Waals surface area contributed by atoms with Crippen LogP contribution in [0.4, 0.5) is 0 Å². The van der Waals surface area contributed by atoms with Crippen LogP contribution in [0.5, 0.6) is 5.75 Å². The van der Waals surface area contributed by atoms with E-state index in [2.05, 4.69) is 4.74 Å². The SMILES string of the molecule is COC(=O)c1ccccc1[O]. The van der Waals surface area contributed by atoms with Gasteiger partial charge in [0.25, 0.3) is 0 Å². The number of hydrogen-bond donors (Lipinski definition) is 0. The van der Waals surface area contributed by atoms with Gasteiger partial charge in [-0.25, -0.2) is 4.79 Å². The number of methoxy groups -OCH3 is 1. The number of carbonyl (C=O) groups excluding carboxylic acids is 1. The van der Waals surface area contributed by atoms with Gasteiger partial charge in [0, 0.05) is 0 Å². The summed E-state index contributed by atoms with van der Waals surface area (Å²) in [6.07, 6.45) is 0. The molecule has 0 atom stereocenters. The summed E-state index contributed by atoms with van der Waals surface area (Å²) < 4.78 is 4.38. The lowest BCUT2D eigenvalue weighted by Crippen LogP contribution is -2.00. The molecule has 0 aliphatic carbocycles. The second kappa shape index (κ2) is 3.05. The Morgan fingerprint density at radius 3 is 2.55 bits per heavy atom. The Morgan fingerprint density at radius 2 is 2.00 bits per heavy atom. The zero-order valence-corrected chi connectivity index (χ0v) is 6.03. The second-order valence-electron chi connectivity index (χ2n) is 1.99. The van der Waals surface area contributed by atoms with E-state index in [1.807, 2.05) is 0 Å². The first kappa shape index (κ1) is 7.60. The van der Waals surface area contributed by atoms with E-state index in [9.17, 15) is 9.90 Å². The van der Waals surface area contributed by atoms with Crippen LogP contribution in [0.2, 0.25) is 0 Å². The molecule has 0 N–H and O–H groups in total. The van der Waals surface area contributed by atoms with E-state index in [1.165, 1.54) is 19.2 Å². The van der Waals surface area contributed by atoms with Crippen LogP contribution in [0.15, 0.2) is 24.3 Å². The number of para-hydroxylation sites is 1. The first-order valence-electron chi connectivity index (χ1n) is 3.10. The maximum Gasteiger partial charge on any atom is 0.341 e. The maximum absolute atomic E-state index is 10.9. The molecule has 0 aliphatic heterocycles. The Morgan fingerprint density at radius 1 is 1.36 bits per heavy atom. The maximum atomic E-state index is 10.9. The number of ether oxygens (including phenoxy) is 1. The fourth-order valence-electron chi connectivity index (χ4n) is 0.745. The zero-order chi connectivity index (χ0) is 8.27. The van der Waals surface area contributed by atoms with Gasteiger partial charge in [-0.15, -0.1) is 0 Å². The average molecular weight is 151 g/mol. The van der Waals surface area contributed by atoms with Crippen molar-refractivity contribution in [2.45, 2.75) is 0 Å². The van der Waals surface area contributed by atoms with Gasteiger partial charge in [-0.3, -0.25) is 5.11 Å². The molecule has 0 saturated carbocycles. The highest BCUT2D eigenvalue weighted by atomic mass is 16.5. The van der Waals surface area contributed by atoms with Crippen molar-refractivity contribution >= 4 is 5.97 Å². The highest BCUT2D eigenvalue weighted by Crippen LogP contribution is 2.16. The van der Waals surface area contributed by atoms with Crippen LogP contribution in [0.25, 0.3) is 0 Å². The van der Waals surface area contributed by atoms with Crippen molar-refractivity contribution in [2.75, 3.05) is 7.11 Å². The molecule has 3 nitrogen and oxygen atoms in total. The third-order valence-electron chi connectivity index (χ3n) is 1.29. The Bertz CT molecular complexity index is 268. The predicted octanol–water partition coefficient (Wildman–Crippen LogP) is 1.62. The van der Waals surface area contributed by atoms with Gasteiger partial charge >= 0.3 is 5.97 Å². The van der Waals surface area contributed by atoms with E-state index in [-0.39, 0.29) is 11.3 Å². The molecule has 1 aromatic rings. The summed E-state index contributed by atoms with van der Waals surface area (Å²) in [5, 5.41) is 10.9. The van der Waals surface area contributed by atoms with Gasteiger partial charge in [0.1, 0.15) is 5.56 Å². The fraction of sp³-hybridized carbons (Fsp3) is 0.125. The normalized spacial score (nSPS) is 9.18. The van der Waals surface area contributed by atoms with E-state index in [0.717, 1.165) is 0 Å². The highest BCUT2D eigenvalue weighted by Gasteiger charge is 2.10. The van der Waals surface area contributed by atoms with Crippen molar-refractivity contribution in [3.8, 4) is 5.75 Å². The number of rotatable bonds is 1. The smallest absolute Gasteiger partial charge is 0.341 e. The predicted molar refractivity (Wildman–Crippen MR) is 37.9 cm³/mol. The third-order valence-corrected chi connectivity index (χ3v) is 1.29. The lowest BCUT2D eigenvalue weighted by Gasteiger charge is -1.97. The minimum absolute atomic E-state index is 0.0787. The van der Waals surface area contributed by atoms with Crippen molar-refractivity contribution in [2.24, 2.45) is 0 Å². The molecule has 0 aliphatic rings. The van der Waals surface area contributed by atoms with Crippen LogP contribution >= 0.6 is 0 Å². The van der Waals surface area contributed by atoms with Gasteiger partial charge in [0.05, 0.1) is 7.11 Å². The number of benzene rings is 1. The minimum Gasteiger partial charge on any atom is -0.465 e. The topological polar surface area (TPSA) is 46.2 Å². The quantitative estimate of drug-likeness (QED) is 0.572. The second-order valence-corrected chi connectivity index (χ2v) is 1.99. The van der Waals surface area contributed by atoms with Crippen LogP contribution in [0.3, 0.4) is 0 Å². The van der Waals surface area contributed by atoms with E-state index >= 15 is 0 Å². The number of esters is 1. The Hall–Kier alpha value is -1.51. The van der Waals surface area contributed by atoms with E-state index in [4.69, 9.17) is 0 Å². The molecule has 57 valence electrons. The number of carbonyl (C=O) groups is 1. The van der Waals surface area contributed by atoms with Crippen molar-refractivity contribution in [1.82, 2.24) is 0 Å². The van der Waals surface area contributed by atoms with Gasteiger partial charge in [-0.05, 0) is 12.1 Å². The van der Waals surface area contributed by atoms with Gasteiger partial charge in [-0.1, -0.05) is 12.1 Å². The standard InChI is InChI=1S/C8H7O3/c1-11-8(10)6-4-2-3-5-7(6)9/h2-5H,1H3. The molecule has 0 aromatic heterocycles. The molecule has 11 heavy (non-hydrogen) atoms. The summed E-state index contributed by atoms with van der Waals surface area (Å²) in [5.41, 5.74) is 0.0787. The lowest BCUT2D eigenvalue weighted by atomic mass is 10.2. The van der Waals surface area contributed by atoms with Gasteiger partial charge in [0.15, 0.2) is 5.75 Å². The zero-order valence-electron chi connectivity index (χ0n) is 6.03. The molecular formula is C8H7O3. The summed E-state index contributed by atoms with van der Waals surface area (Å²) in [5.74, 6) is -0.894. The molecule has 0 unspecified atom stereocenters.